The molecule has 25 heavy (non-hydrogen) atoms. The van der Waals surface area contributed by atoms with Crippen molar-refractivity contribution in [3.63, 3.8) is 0 Å². The number of hydrogen-bond donors (Lipinski definition) is 1. The molecule has 1 N–H and O–H groups in total. The molecule has 2 rings (SSSR count). The van der Waals surface area contributed by atoms with E-state index in [0.29, 0.717) is 17.9 Å². The molecule has 1 aromatic carbocycles. The molecule has 5 nitrogen and oxygen atoms in total. The van der Waals surface area contributed by atoms with Crippen LogP contribution in [0.4, 0.5) is 0 Å². The van der Waals surface area contributed by atoms with E-state index in [1.165, 1.54) is 18.4 Å². The number of hydrogen-bond acceptors (Lipinski definition) is 4. The summed E-state index contributed by atoms with van der Waals surface area (Å²) in [5.74, 6) is -0.0907. The van der Waals surface area contributed by atoms with E-state index in [9.17, 15) is 9.59 Å². The number of carbonyl (C=O) groups is 2. The molecule has 0 saturated heterocycles. The molecule has 0 spiro atoms. The van der Waals surface area contributed by atoms with Crippen LogP contribution in [0.15, 0.2) is 35.9 Å². The molecular formula is C20H27NO4. The molecule has 0 aromatic heterocycles. The molecule has 0 bridgehead atoms. The van der Waals surface area contributed by atoms with Gasteiger partial charge in [-0.25, -0.2) is 4.79 Å². The highest BCUT2D eigenvalue weighted by atomic mass is 16.5. The van der Waals surface area contributed by atoms with Crippen LogP contribution in [0.3, 0.4) is 0 Å². The van der Waals surface area contributed by atoms with E-state index < -0.39 is 5.97 Å². The van der Waals surface area contributed by atoms with Crippen LogP contribution in [-0.2, 0) is 9.53 Å². The topological polar surface area (TPSA) is 64.6 Å². The molecule has 0 heterocycles. The van der Waals surface area contributed by atoms with Gasteiger partial charge in [0.15, 0.2) is 6.61 Å². The van der Waals surface area contributed by atoms with Gasteiger partial charge < -0.3 is 14.8 Å². The highest BCUT2D eigenvalue weighted by Crippen LogP contribution is 2.19. The maximum Gasteiger partial charge on any atom is 0.338 e. The molecule has 0 radical (unpaired) electrons. The Morgan fingerprint density at radius 2 is 1.92 bits per heavy atom. The standard InChI is InChI=1S/C20H27NO4/c1-15(2)25-18-10-8-17(9-11-18)20(23)24-14-19(22)21-13-12-16-6-4-3-5-7-16/h6,8-11,15H,3-5,7,12-14H2,1-2H3,(H,21,22). The largest absolute Gasteiger partial charge is 0.491 e. The van der Waals surface area contributed by atoms with Crippen molar-refractivity contribution in [1.29, 1.82) is 0 Å². The van der Waals surface area contributed by atoms with Crippen molar-refractivity contribution in [1.82, 2.24) is 5.32 Å². The smallest absolute Gasteiger partial charge is 0.338 e. The van der Waals surface area contributed by atoms with Crippen LogP contribution >= 0.6 is 0 Å². The maximum absolute atomic E-state index is 12.0. The number of allylic oxidation sites excluding steroid dienone is 1. The second-order valence-corrected chi connectivity index (χ2v) is 6.48. The first-order valence-electron chi connectivity index (χ1n) is 8.93. The van der Waals surface area contributed by atoms with Crippen LogP contribution in [0.5, 0.6) is 5.75 Å². The summed E-state index contributed by atoms with van der Waals surface area (Å²) in [6.07, 6.45) is 7.98. The van der Waals surface area contributed by atoms with Gasteiger partial charge in [0, 0.05) is 6.54 Å². The average molecular weight is 345 g/mol. The van der Waals surface area contributed by atoms with Gasteiger partial charge in [-0.2, -0.15) is 0 Å². The van der Waals surface area contributed by atoms with E-state index in [4.69, 9.17) is 9.47 Å². The zero-order chi connectivity index (χ0) is 18.1. The van der Waals surface area contributed by atoms with E-state index in [0.717, 1.165) is 19.3 Å². The van der Waals surface area contributed by atoms with Crippen LogP contribution in [0.25, 0.3) is 0 Å². The predicted octanol–water partition coefficient (Wildman–Crippen LogP) is 3.64. The minimum Gasteiger partial charge on any atom is -0.491 e. The van der Waals surface area contributed by atoms with Crippen LogP contribution < -0.4 is 10.1 Å². The number of esters is 1. The lowest BCUT2D eigenvalue weighted by atomic mass is 9.97. The van der Waals surface area contributed by atoms with Gasteiger partial charge in [0.1, 0.15) is 5.75 Å². The summed E-state index contributed by atoms with van der Waals surface area (Å²) < 4.78 is 10.6. The SMILES string of the molecule is CC(C)Oc1ccc(C(=O)OCC(=O)NCCC2=CCCCC2)cc1. The van der Waals surface area contributed by atoms with Gasteiger partial charge in [-0.1, -0.05) is 11.6 Å². The Bertz CT molecular complexity index is 605. The molecule has 1 aliphatic carbocycles. The van der Waals surface area contributed by atoms with Gasteiger partial charge in [0.25, 0.3) is 5.91 Å². The lowest BCUT2D eigenvalue weighted by Crippen LogP contribution is -2.29. The summed E-state index contributed by atoms with van der Waals surface area (Å²) in [7, 11) is 0. The van der Waals surface area contributed by atoms with Crippen molar-refractivity contribution in [2.24, 2.45) is 0 Å². The number of ether oxygens (including phenoxy) is 2. The van der Waals surface area contributed by atoms with Gasteiger partial charge in [-0.3, -0.25) is 4.79 Å². The Balaban J connectivity index is 1.68. The summed E-state index contributed by atoms with van der Waals surface area (Å²) in [4.78, 5) is 23.7. The van der Waals surface area contributed by atoms with Crippen LogP contribution in [0, 0.1) is 0 Å². The third-order valence-corrected chi connectivity index (χ3v) is 3.95. The van der Waals surface area contributed by atoms with Crippen molar-refractivity contribution >= 4 is 11.9 Å². The fourth-order valence-electron chi connectivity index (χ4n) is 2.70. The molecule has 5 heteroatoms. The summed E-state index contributed by atoms with van der Waals surface area (Å²) >= 11 is 0. The van der Waals surface area contributed by atoms with Gasteiger partial charge in [-0.05, 0) is 70.2 Å². The maximum atomic E-state index is 12.0. The van der Waals surface area contributed by atoms with Gasteiger partial charge in [0.2, 0.25) is 0 Å². The Hall–Kier alpha value is -2.30. The molecule has 0 unspecified atom stereocenters. The quantitative estimate of drug-likeness (QED) is 0.577. The molecule has 1 amide bonds. The second-order valence-electron chi connectivity index (χ2n) is 6.48. The van der Waals surface area contributed by atoms with Gasteiger partial charge >= 0.3 is 5.97 Å². The number of rotatable bonds is 8. The Morgan fingerprint density at radius 3 is 2.56 bits per heavy atom. The van der Waals surface area contributed by atoms with Crippen LogP contribution in [0.1, 0.15) is 56.3 Å². The van der Waals surface area contributed by atoms with Crippen LogP contribution in [-0.4, -0.2) is 31.1 Å². The minimum atomic E-state index is -0.513. The molecule has 1 aromatic rings. The average Bonchev–Trinajstić information content (AvgIpc) is 2.61. The number of nitrogens with one attached hydrogen (secondary N) is 1. The molecule has 1 aliphatic rings. The highest BCUT2D eigenvalue weighted by Gasteiger charge is 2.11. The van der Waals surface area contributed by atoms with Crippen molar-refractivity contribution in [2.45, 2.75) is 52.1 Å². The van der Waals surface area contributed by atoms with E-state index in [1.807, 2.05) is 13.8 Å². The van der Waals surface area contributed by atoms with Crippen molar-refractivity contribution in [3.8, 4) is 5.75 Å². The molecule has 136 valence electrons. The fraction of sp³-hybridized carbons (Fsp3) is 0.500. The number of benzene rings is 1. The number of amides is 1. The second kappa shape index (κ2) is 9.87. The van der Waals surface area contributed by atoms with Gasteiger partial charge in [0.05, 0.1) is 11.7 Å². The first-order valence-corrected chi connectivity index (χ1v) is 8.93. The summed E-state index contributed by atoms with van der Waals surface area (Å²) in [5, 5.41) is 2.79. The summed E-state index contributed by atoms with van der Waals surface area (Å²) in [6.45, 7) is 4.20. The lowest BCUT2D eigenvalue weighted by molar-refractivity contribution is -0.124. The van der Waals surface area contributed by atoms with Crippen molar-refractivity contribution < 1.29 is 19.1 Å². The van der Waals surface area contributed by atoms with Gasteiger partial charge in [-0.15, -0.1) is 0 Å². The summed E-state index contributed by atoms with van der Waals surface area (Å²) in [6, 6.07) is 6.70. The predicted molar refractivity (Wildman–Crippen MR) is 96.7 cm³/mol. The highest BCUT2D eigenvalue weighted by molar-refractivity contribution is 5.91. The number of carbonyl (C=O) groups excluding carboxylic acids is 2. The molecule has 0 atom stereocenters. The molecule has 0 saturated carbocycles. The third kappa shape index (κ3) is 6.99. The third-order valence-electron chi connectivity index (χ3n) is 3.95. The molecular weight excluding hydrogens is 318 g/mol. The van der Waals surface area contributed by atoms with E-state index in [-0.39, 0.29) is 18.6 Å². The van der Waals surface area contributed by atoms with E-state index in [1.54, 1.807) is 24.3 Å². The zero-order valence-electron chi connectivity index (χ0n) is 15.0. The van der Waals surface area contributed by atoms with E-state index >= 15 is 0 Å². The zero-order valence-corrected chi connectivity index (χ0v) is 15.0. The Kier molecular flexibility index (Phi) is 7.51. The van der Waals surface area contributed by atoms with Crippen LogP contribution in [0.2, 0.25) is 0 Å². The van der Waals surface area contributed by atoms with Crippen molar-refractivity contribution in [2.75, 3.05) is 13.2 Å². The Morgan fingerprint density at radius 1 is 1.16 bits per heavy atom. The minimum absolute atomic E-state index is 0.0749. The normalized spacial score (nSPS) is 14.0. The monoisotopic (exact) mass is 345 g/mol. The Labute approximate surface area is 149 Å². The molecule has 0 fully saturated rings. The summed E-state index contributed by atoms with van der Waals surface area (Å²) in [5.41, 5.74) is 1.81. The first-order chi connectivity index (χ1) is 12.0. The van der Waals surface area contributed by atoms with E-state index in [2.05, 4.69) is 11.4 Å². The first kappa shape index (κ1) is 19.0. The molecule has 0 aliphatic heterocycles. The fourth-order valence-corrected chi connectivity index (χ4v) is 2.70. The lowest BCUT2D eigenvalue weighted by Gasteiger charge is -2.13. The van der Waals surface area contributed by atoms with Crippen molar-refractivity contribution in [3.05, 3.63) is 41.5 Å².